The molecule has 1 aromatic rings. The van der Waals surface area contributed by atoms with Crippen LogP contribution in [0, 0.1) is 23.2 Å². The lowest BCUT2D eigenvalue weighted by molar-refractivity contribution is -0.142. The summed E-state index contributed by atoms with van der Waals surface area (Å²) in [5.41, 5.74) is 3.08. The minimum absolute atomic E-state index is 0.00107. The van der Waals surface area contributed by atoms with E-state index < -0.39 is 17.8 Å². The summed E-state index contributed by atoms with van der Waals surface area (Å²) in [6, 6.07) is 5.81. The molecule has 0 radical (unpaired) electrons. The second-order valence-electron chi connectivity index (χ2n) is 14.5. The number of hydrogen-bond acceptors (Lipinski definition) is 6. The van der Waals surface area contributed by atoms with Crippen molar-refractivity contribution in [2.45, 2.75) is 109 Å². The SMILES string of the molecule is C=C1/C(=C\C=C2/CCC[C@]3(C)[C@@H]([C@H](C)C[C@@H]4C[C@](C)(O)C(=O)N4CCc4cc(OC)cc(OC)c4)CC[C@@H]23)C[C@@H](O)C[C@@H]1O. The average molecular weight is 608 g/mol. The highest BCUT2D eigenvalue weighted by Gasteiger charge is 2.53. The predicted molar refractivity (Wildman–Crippen MR) is 172 cm³/mol. The number of nitrogens with zero attached hydrogens (tertiary/aromatic N) is 1. The van der Waals surface area contributed by atoms with Gasteiger partial charge in [0.05, 0.1) is 26.4 Å². The molecule has 0 bridgehead atoms. The van der Waals surface area contributed by atoms with E-state index in [0.717, 1.165) is 53.9 Å². The van der Waals surface area contributed by atoms with Gasteiger partial charge >= 0.3 is 0 Å². The molecule has 3 saturated carbocycles. The third-order valence-corrected chi connectivity index (χ3v) is 11.5. The van der Waals surface area contributed by atoms with E-state index in [-0.39, 0.29) is 17.4 Å². The lowest BCUT2D eigenvalue weighted by atomic mass is 9.60. The van der Waals surface area contributed by atoms with Crippen LogP contribution in [0.15, 0.2) is 53.6 Å². The molecule has 1 aromatic carbocycles. The van der Waals surface area contributed by atoms with Crippen LogP contribution in [0.1, 0.15) is 84.1 Å². The molecule has 44 heavy (non-hydrogen) atoms. The largest absolute Gasteiger partial charge is 0.497 e. The summed E-state index contributed by atoms with van der Waals surface area (Å²) < 4.78 is 10.9. The van der Waals surface area contributed by atoms with Gasteiger partial charge in [0.25, 0.3) is 5.91 Å². The van der Waals surface area contributed by atoms with E-state index in [9.17, 15) is 20.1 Å². The number of carbonyl (C=O) groups is 1. The van der Waals surface area contributed by atoms with Crippen molar-refractivity contribution < 1.29 is 29.6 Å². The van der Waals surface area contributed by atoms with Crippen LogP contribution in [0.2, 0.25) is 0 Å². The van der Waals surface area contributed by atoms with E-state index in [0.29, 0.717) is 50.0 Å². The molecule has 7 heteroatoms. The van der Waals surface area contributed by atoms with Gasteiger partial charge in [-0.3, -0.25) is 4.79 Å². The van der Waals surface area contributed by atoms with Crippen LogP contribution in [0.25, 0.3) is 0 Å². The number of aliphatic hydroxyl groups excluding tert-OH is 2. The van der Waals surface area contributed by atoms with Gasteiger partial charge in [-0.2, -0.15) is 0 Å². The molecule has 1 aliphatic heterocycles. The predicted octanol–water partition coefficient (Wildman–Crippen LogP) is 5.77. The second-order valence-corrected chi connectivity index (χ2v) is 14.5. The number of ether oxygens (including phenoxy) is 2. The summed E-state index contributed by atoms with van der Waals surface area (Å²) >= 11 is 0. The average Bonchev–Trinajstić information content (AvgIpc) is 3.45. The summed E-state index contributed by atoms with van der Waals surface area (Å²) in [7, 11) is 3.27. The first-order valence-corrected chi connectivity index (χ1v) is 16.6. The highest BCUT2D eigenvalue weighted by Crippen LogP contribution is 2.60. The first-order chi connectivity index (χ1) is 20.9. The van der Waals surface area contributed by atoms with Crippen molar-refractivity contribution in [1.29, 1.82) is 0 Å². The molecule has 8 atom stereocenters. The molecule has 0 aromatic heterocycles. The number of fused-ring (bicyclic) bond motifs is 1. The zero-order valence-electron chi connectivity index (χ0n) is 27.3. The van der Waals surface area contributed by atoms with E-state index in [1.807, 2.05) is 23.1 Å². The number of allylic oxidation sites excluding steroid dienone is 3. The van der Waals surface area contributed by atoms with Crippen molar-refractivity contribution in [2.75, 3.05) is 20.8 Å². The van der Waals surface area contributed by atoms with Crippen LogP contribution >= 0.6 is 0 Å². The Hall–Kier alpha value is -2.61. The molecule has 0 unspecified atom stereocenters. The molecule has 7 nitrogen and oxygen atoms in total. The normalized spacial score (nSPS) is 36.6. The van der Waals surface area contributed by atoms with Crippen molar-refractivity contribution in [3.8, 4) is 11.5 Å². The molecule has 0 spiro atoms. The van der Waals surface area contributed by atoms with Crippen LogP contribution < -0.4 is 9.47 Å². The summed E-state index contributed by atoms with van der Waals surface area (Å²) in [5, 5.41) is 31.5. The van der Waals surface area contributed by atoms with Gasteiger partial charge in [0.15, 0.2) is 0 Å². The topological polar surface area (TPSA) is 99.5 Å². The van der Waals surface area contributed by atoms with Crippen molar-refractivity contribution >= 4 is 5.91 Å². The maximum absolute atomic E-state index is 13.4. The quantitative estimate of drug-likeness (QED) is 0.330. The molecular formula is C37H53NO6. The van der Waals surface area contributed by atoms with Crippen LogP contribution in [-0.4, -0.2) is 70.7 Å². The van der Waals surface area contributed by atoms with Gasteiger partial charge in [0, 0.05) is 31.5 Å². The number of likely N-dealkylation sites (tertiary alicyclic amines) is 1. The zero-order valence-corrected chi connectivity index (χ0v) is 27.3. The standard InChI is InChI=1S/C37H53NO6/c1-23(16-28-22-37(4,42)35(41)38(28)15-13-25-17-30(43-5)21-31(18-25)44-6)32-11-12-33-26(8-7-14-36(32,33)3)9-10-27-19-29(39)20-34(40)24(27)2/h9-10,17-18,21,23,28-29,32-34,39-40,42H,2,7-8,11-16,19-20,22H2,1,3-6H3/b26-9+,27-10-/t23-,28-,29-,32-,33+,34+,36-,37+/m1/s1. The number of methoxy groups -OCH3 is 2. The lowest BCUT2D eigenvalue weighted by Gasteiger charge is -2.45. The Labute approximate surface area is 263 Å². The van der Waals surface area contributed by atoms with Crippen LogP contribution in [0.3, 0.4) is 0 Å². The number of hydrogen-bond donors (Lipinski definition) is 3. The molecule has 4 fully saturated rings. The number of carbonyl (C=O) groups excluding carboxylic acids is 1. The molecule has 3 aliphatic carbocycles. The van der Waals surface area contributed by atoms with E-state index in [2.05, 4.69) is 32.6 Å². The summed E-state index contributed by atoms with van der Waals surface area (Å²) in [6.45, 7) is 11.1. The molecule has 5 rings (SSSR count). The minimum atomic E-state index is -1.34. The van der Waals surface area contributed by atoms with Crippen molar-refractivity contribution in [3.63, 3.8) is 0 Å². The molecule has 242 valence electrons. The van der Waals surface area contributed by atoms with Gasteiger partial charge in [-0.05, 0) is 110 Å². The number of aliphatic hydroxyl groups is 3. The maximum atomic E-state index is 13.4. The van der Waals surface area contributed by atoms with Crippen LogP contribution in [0.5, 0.6) is 11.5 Å². The Morgan fingerprint density at radius 2 is 1.82 bits per heavy atom. The van der Waals surface area contributed by atoms with Gasteiger partial charge in [0.2, 0.25) is 0 Å². The highest BCUT2D eigenvalue weighted by atomic mass is 16.5. The summed E-state index contributed by atoms with van der Waals surface area (Å²) in [4.78, 5) is 15.3. The Morgan fingerprint density at radius 3 is 2.50 bits per heavy atom. The molecular weight excluding hydrogens is 554 g/mol. The maximum Gasteiger partial charge on any atom is 0.254 e. The number of amides is 1. The smallest absolute Gasteiger partial charge is 0.254 e. The van der Waals surface area contributed by atoms with Gasteiger partial charge in [-0.25, -0.2) is 0 Å². The first kappa shape index (κ1) is 32.8. The van der Waals surface area contributed by atoms with E-state index in [1.165, 1.54) is 18.4 Å². The fourth-order valence-corrected chi connectivity index (χ4v) is 9.16. The zero-order chi connectivity index (χ0) is 31.8. The highest BCUT2D eigenvalue weighted by molar-refractivity contribution is 5.87. The van der Waals surface area contributed by atoms with E-state index >= 15 is 0 Å². The summed E-state index contributed by atoms with van der Waals surface area (Å²) in [5.74, 6) is 2.75. The van der Waals surface area contributed by atoms with Gasteiger partial charge in [-0.15, -0.1) is 0 Å². The van der Waals surface area contributed by atoms with E-state index in [4.69, 9.17) is 9.47 Å². The van der Waals surface area contributed by atoms with Crippen LogP contribution in [-0.2, 0) is 11.2 Å². The fourth-order valence-electron chi connectivity index (χ4n) is 9.16. The Bertz CT molecular complexity index is 1280. The number of rotatable bonds is 9. The third kappa shape index (κ3) is 6.52. The van der Waals surface area contributed by atoms with Crippen molar-refractivity contribution in [1.82, 2.24) is 4.90 Å². The third-order valence-electron chi connectivity index (χ3n) is 11.5. The summed E-state index contributed by atoms with van der Waals surface area (Å²) in [6.07, 6.45) is 11.9. The molecule has 1 saturated heterocycles. The monoisotopic (exact) mass is 607 g/mol. The Morgan fingerprint density at radius 1 is 1.11 bits per heavy atom. The Kier molecular flexibility index (Phi) is 9.69. The molecule has 1 amide bonds. The van der Waals surface area contributed by atoms with Crippen LogP contribution in [0.4, 0.5) is 0 Å². The van der Waals surface area contributed by atoms with Gasteiger partial charge < -0.3 is 29.7 Å². The minimum Gasteiger partial charge on any atom is -0.497 e. The Balaban J connectivity index is 1.29. The first-order valence-electron chi connectivity index (χ1n) is 16.6. The second kappa shape index (κ2) is 13.0. The molecule has 1 heterocycles. The van der Waals surface area contributed by atoms with Gasteiger partial charge in [-0.1, -0.05) is 38.2 Å². The van der Waals surface area contributed by atoms with E-state index in [1.54, 1.807) is 21.1 Å². The fraction of sp³-hybridized carbons (Fsp3) is 0.649. The molecule has 3 N–H and O–H groups in total. The van der Waals surface area contributed by atoms with Crippen molar-refractivity contribution in [2.24, 2.45) is 23.2 Å². The lowest BCUT2D eigenvalue weighted by Crippen LogP contribution is -2.41. The van der Waals surface area contributed by atoms with Crippen molar-refractivity contribution in [3.05, 3.63) is 59.2 Å². The van der Waals surface area contributed by atoms with Gasteiger partial charge in [0.1, 0.15) is 17.1 Å². The number of benzene rings is 1. The molecule has 4 aliphatic rings.